The van der Waals surface area contributed by atoms with Crippen molar-refractivity contribution in [1.29, 1.82) is 0 Å². The monoisotopic (exact) mass is 516 g/mol. The van der Waals surface area contributed by atoms with Crippen molar-refractivity contribution >= 4 is 6.21 Å². The number of aromatic amines is 1. The van der Waals surface area contributed by atoms with Crippen molar-refractivity contribution in [2.45, 2.75) is 19.3 Å². The van der Waals surface area contributed by atoms with Crippen LogP contribution in [0.2, 0.25) is 0 Å². The fourth-order valence-corrected chi connectivity index (χ4v) is 4.10. The third-order valence-corrected chi connectivity index (χ3v) is 5.95. The number of nitrogens with zero attached hydrogens (tertiary/aromatic N) is 3. The van der Waals surface area contributed by atoms with Gasteiger partial charge in [-0.15, -0.1) is 0 Å². The molecular formula is C26H18F6N4O. The van der Waals surface area contributed by atoms with E-state index in [1.165, 1.54) is 54.7 Å². The van der Waals surface area contributed by atoms with E-state index in [4.69, 9.17) is 4.74 Å². The number of H-pyrrole nitrogens is 1. The minimum atomic E-state index is -4.66. The number of hydrogen-bond donors (Lipinski definition) is 1. The molecule has 11 heteroatoms. The van der Waals surface area contributed by atoms with E-state index in [9.17, 15) is 26.3 Å². The Morgan fingerprint density at radius 2 is 1.78 bits per heavy atom. The number of ether oxygens (including phenoxy) is 1. The number of methoxy groups -OCH3 is 1. The van der Waals surface area contributed by atoms with Gasteiger partial charge in [-0.2, -0.15) is 18.3 Å². The Balaban J connectivity index is 1.37. The van der Waals surface area contributed by atoms with Crippen LogP contribution in [0, 0.1) is 17.5 Å². The predicted octanol–water partition coefficient (Wildman–Crippen LogP) is 6.54. The van der Waals surface area contributed by atoms with Crippen LogP contribution in [0.5, 0.6) is 5.75 Å². The average molecular weight is 516 g/mol. The van der Waals surface area contributed by atoms with Crippen LogP contribution in [-0.4, -0.2) is 28.3 Å². The minimum Gasteiger partial charge on any atom is -0.497 e. The Morgan fingerprint density at radius 3 is 2.51 bits per heavy atom. The molecule has 37 heavy (non-hydrogen) atoms. The number of rotatable bonds is 5. The Hall–Kier alpha value is -4.28. The van der Waals surface area contributed by atoms with Gasteiger partial charge in [0.15, 0.2) is 11.6 Å². The Kier molecular flexibility index (Phi) is 6.14. The molecule has 0 atom stereocenters. The molecule has 0 spiro atoms. The van der Waals surface area contributed by atoms with Crippen LogP contribution in [0.25, 0.3) is 22.5 Å². The summed E-state index contributed by atoms with van der Waals surface area (Å²) in [5.74, 6) is -2.56. The molecule has 1 aliphatic rings. The van der Waals surface area contributed by atoms with Crippen LogP contribution < -0.4 is 4.74 Å². The lowest BCUT2D eigenvalue weighted by atomic mass is 9.97. The van der Waals surface area contributed by atoms with Crippen LogP contribution in [0.3, 0.4) is 0 Å². The number of alkyl halides is 3. The molecule has 2 heterocycles. The zero-order valence-corrected chi connectivity index (χ0v) is 19.2. The van der Waals surface area contributed by atoms with Crippen molar-refractivity contribution in [2.75, 3.05) is 7.11 Å². The zero-order valence-electron chi connectivity index (χ0n) is 19.2. The first-order valence-electron chi connectivity index (χ1n) is 11.0. The number of halogens is 6. The SMILES string of the molecule is COc1ccc(-c2ccc(CN3Cc4[nH]c(-c5cccc(F)c5F)nc4C=N3)c(F)c2)c(C(F)(F)F)c1. The van der Waals surface area contributed by atoms with Crippen LogP contribution >= 0.6 is 0 Å². The number of nitrogens with one attached hydrogen (secondary N) is 1. The number of benzene rings is 3. The van der Waals surface area contributed by atoms with E-state index in [1.54, 1.807) is 0 Å². The van der Waals surface area contributed by atoms with Crippen molar-refractivity contribution in [3.63, 3.8) is 0 Å². The standard InChI is InChI=1S/C26H18F6N4O/c1-37-16-7-8-17(19(10-16)26(30,31)32)14-5-6-15(21(28)9-14)12-36-13-23-22(11-33-36)34-25(35-23)18-3-2-4-20(27)24(18)29/h2-11H,12-13H2,1H3,(H,34,35). The second-order valence-corrected chi connectivity index (χ2v) is 8.33. The van der Waals surface area contributed by atoms with Crippen LogP contribution in [0.1, 0.15) is 22.5 Å². The van der Waals surface area contributed by atoms with Crippen molar-refractivity contribution in [1.82, 2.24) is 15.0 Å². The lowest BCUT2D eigenvalue weighted by Crippen LogP contribution is -2.22. The van der Waals surface area contributed by atoms with Gasteiger partial charge in [-0.25, -0.2) is 18.2 Å². The first-order valence-corrected chi connectivity index (χ1v) is 11.0. The van der Waals surface area contributed by atoms with E-state index in [-0.39, 0.29) is 46.9 Å². The van der Waals surface area contributed by atoms with Crippen molar-refractivity contribution in [3.05, 3.63) is 94.6 Å². The Morgan fingerprint density at radius 1 is 0.973 bits per heavy atom. The number of aromatic nitrogens is 2. The summed E-state index contributed by atoms with van der Waals surface area (Å²) < 4.78 is 88.4. The molecule has 0 bridgehead atoms. The van der Waals surface area contributed by atoms with E-state index in [2.05, 4.69) is 15.1 Å². The van der Waals surface area contributed by atoms with E-state index in [0.29, 0.717) is 11.4 Å². The minimum absolute atomic E-state index is 0.0134. The second-order valence-electron chi connectivity index (χ2n) is 8.33. The highest BCUT2D eigenvalue weighted by molar-refractivity contribution is 5.81. The summed E-state index contributed by atoms with van der Waals surface area (Å²) in [5.41, 5.74) is 0.139. The molecule has 0 saturated heterocycles. The summed E-state index contributed by atoms with van der Waals surface area (Å²) in [4.78, 5) is 7.20. The van der Waals surface area contributed by atoms with E-state index < -0.39 is 29.2 Å². The maximum atomic E-state index is 15.0. The summed E-state index contributed by atoms with van der Waals surface area (Å²) in [6, 6.07) is 11.1. The van der Waals surface area contributed by atoms with Gasteiger partial charge in [0.1, 0.15) is 23.1 Å². The quantitative estimate of drug-likeness (QED) is 0.307. The smallest absolute Gasteiger partial charge is 0.417 e. The molecule has 0 unspecified atom stereocenters. The van der Waals surface area contributed by atoms with Crippen LogP contribution in [0.4, 0.5) is 26.3 Å². The maximum Gasteiger partial charge on any atom is 0.417 e. The summed E-state index contributed by atoms with van der Waals surface area (Å²) >= 11 is 0. The number of hydrazone groups is 1. The summed E-state index contributed by atoms with van der Waals surface area (Å²) in [7, 11) is 1.26. The van der Waals surface area contributed by atoms with Crippen molar-refractivity contribution in [2.24, 2.45) is 5.10 Å². The largest absolute Gasteiger partial charge is 0.497 e. The first-order chi connectivity index (χ1) is 17.6. The molecule has 0 aliphatic carbocycles. The van der Waals surface area contributed by atoms with Gasteiger partial charge in [-0.1, -0.05) is 24.3 Å². The fraction of sp³-hybridized carbons (Fsp3) is 0.154. The van der Waals surface area contributed by atoms with E-state index in [0.717, 1.165) is 18.2 Å². The van der Waals surface area contributed by atoms with Gasteiger partial charge in [0, 0.05) is 5.56 Å². The third-order valence-electron chi connectivity index (χ3n) is 5.95. The molecule has 0 amide bonds. The fourth-order valence-electron chi connectivity index (χ4n) is 4.10. The van der Waals surface area contributed by atoms with Crippen molar-refractivity contribution < 1.29 is 31.1 Å². The highest BCUT2D eigenvalue weighted by Crippen LogP contribution is 2.39. The topological polar surface area (TPSA) is 53.5 Å². The Labute approximate surface area is 207 Å². The molecular weight excluding hydrogens is 498 g/mol. The summed E-state index contributed by atoms with van der Waals surface area (Å²) in [6.45, 7) is 0.188. The van der Waals surface area contributed by atoms with Gasteiger partial charge < -0.3 is 9.72 Å². The molecule has 0 radical (unpaired) electrons. The maximum absolute atomic E-state index is 15.0. The number of fused-ring (bicyclic) bond motifs is 1. The molecule has 0 fully saturated rings. The first kappa shape index (κ1) is 24.4. The average Bonchev–Trinajstić information content (AvgIpc) is 3.29. The van der Waals surface area contributed by atoms with Gasteiger partial charge in [-0.3, -0.25) is 5.01 Å². The molecule has 4 aromatic rings. The van der Waals surface area contributed by atoms with Crippen LogP contribution in [-0.2, 0) is 19.3 Å². The highest BCUT2D eigenvalue weighted by atomic mass is 19.4. The lowest BCUT2D eigenvalue weighted by Gasteiger charge is -2.22. The molecule has 190 valence electrons. The lowest BCUT2D eigenvalue weighted by molar-refractivity contribution is -0.137. The van der Waals surface area contributed by atoms with E-state index in [1.807, 2.05) is 0 Å². The van der Waals surface area contributed by atoms with Gasteiger partial charge in [0.05, 0.1) is 43.2 Å². The second kappa shape index (κ2) is 9.30. The Bertz CT molecular complexity index is 1510. The zero-order chi connectivity index (χ0) is 26.3. The van der Waals surface area contributed by atoms with Crippen LogP contribution in [0.15, 0.2) is 59.7 Å². The molecule has 5 nitrogen and oxygen atoms in total. The molecule has 3 aromatic carbocycles. The molecule has 1 aliphatic heterocycles. The predicted molar refractivity (Wildman–Crippen MR) is 124 cm³/mol. The molecule has 1 N–H and O–H groups in total. The van der Waals surface area contributed by atoms with Gasteiger partial charge >= 0.3 is 6.18 Å². The van der Waals surface area contributed by atoms with Gasteiger partial charge in [0.2, 0.25) is 0 Å². The summed E-state index contributed by atoms with van der Waals surface area (Å²) in [6.07, 6.45) is -3.24. The molecule has 5 rings (SSSR count). The summed E-state index contributed by atoms with van der Waals surface area (Å²) in [5, 5.41) is 5.74. The molecule has 1 aromatic heterocycles. The normalized spacial score (nSPS) is 13.1. The van der Waals surface area contributed by atoms with Crippen molar-refractivity contribution in [3.8, 4) is 28.3 Å². The number of hydrogen-bond acceptors (Lipinski definition) is 4. The number of imidazole rings is 1. The third kappa shape index (κ3) is 4.76. The van der Waals surface area contributed by atoms with E-state index >= 15 is 0 Å². The molecule has 0 saturated carbocycles. The van der Waals surface area contributed by atoms with Gasteiger partial charge in [-0.05, 0) is 41.5 Å². The van der Waals surface area contributed by atoms with Gasteiger partial charge in [0.25, 0.3) is 0 Å². The highest BCUT2D eigenvalue weighted by Gasteiger charge is 2.34.